The Balaban J connectivity index is 1.75. The maximum absolute atomic E-state index is 5.86. The van der Waals surface area contributed by atoms with Crippen LogP contribution in [0.1, 0.15) is 17.5 Å². The summed E-state index contributed by atoms with van der Waals surface area (Å²) in [6.07, 6.45) is 0.802. The summed E-state index contributed by atoms with van der Waals surface area (Å²) in [5, 5.41) is 0.542. The summed E-state index contributed by atoms with van der Waals surface area (Å²) >= 11 is 5.86. The summed E-state index contributed by atoms with van der Waals surface area (Å²) in [5.41, 5.74) is 8.59. The molecule has 0 unspecified atom stereocenters. The molecule has 112 valence electrons. The van der Waals surface area contributed by atoms with Crippen LogP contribution in [0.4, 0.5) is 5.69 Å². The van der Waals surface area contributed by atoms with Gasteiger partial charge in [0.25, 0.3) is 0 Å². The summed E-state index contributed by atoms with van der Waals surface area (Å²) < 4.78 is 11.4. The van der Waals surface area contributed by atoms with Crippen molar-refractivity contribution in [3.05, 3.63) is 52.5 Å². The molecule has 2 rings (SSSR count). The van der Waals surface area contributed by atoms with Crippen LogP contribution in [0.15, 0.2) is 36.4 Å². The molecular weight excluding hydrogens is 286 g/mol. The molecule has 0 spiro atoms. The van der Waals surface area contributed by atoms with E-state index in [1.165, 1.54) is 5.56 Å². The van der Waals surface area contributed by atoms with Crippen LogP contribution in [-0.2, 0) is 0 Å². The molecule has 0 aliphatic carbocycles. The zero-order valence-corrected chi connectivity index (χ0v) is 13.1. The number of nitrogens with two attached hydrogens (primary N) is 1. The van der Waals surface area contributed by atoms with E-state index in [0.29, 0.717) is 23.9 Å². The van der Waals surface area contributed by atoms with Crippen molar-refractivity contribution >= 4 is 17.3 Å². The van der Waals surface area contributed by atoms with Gasteiger partial charge in [0.15, 0.2) is 0 Å². The smallest absolute Gasteiger partial charge is 0.122 e. The second kappa shape index (κ2) is 7.23. The van der Waals surface area contributed by atoms with E-state index in [2.05, 4.69) is 25.1 Å². The molecule has 2 N–H and O–H groups in total. The monoisotopic (exact) mass is 305 g/mol. The number of hydrogen-bond acceptors (Lipinski definition) is 3. The highest BCUT2D eigenvalue weighted by Crippen LogP contribution is 2.24. The van der Waals surface area contributed by atoms with Gasteiger partial charge in [0.2, 0.25) is 0 Å². The van der Waals surface area contributed by atoms with Gasteiger partial charge in [0.1, 0.15) is 11.5 Å². The molecule has 2 aromatic carbocycles. The second-order valence-corrected chi connectivity index (χ2v) is 5.41. The second-order valence-electron chi connectivity index (χ2n) is 5.00. The summed E-state index contributed by atoms with van der Waals surface area (Å²) in [6.45, 7) is 5.29. The lowest BCUT2D eigenvalue weighted by atomic mass is 10.1. The Bertz CT molecular complexity index is 614. The lowest BCUT2D eigenvalue weighted by Crippen LogP contribution is -2.06. The van der Waals surface area contributed by atoms with Crippen molar-refractivity contribution in [2.75, 3.05) is 18.9 Å². The van der Waals surface area contributed by atoms with Crippen LogP contribution >= 0.6 is 11.6 Å². The Morgan fingerprint density at radius 1 is 1.00 bits per heavy atom. The number of rotatable bonds is 6. The largest absolute Gasteiger partial charge is 0.493 e. The van der Waals surface area contributed by atoms with Crippen LogP contribution in [0.3, 0.4) is 0 Å². The Labute approximate surface area is 130 Å². The maximum atomic E-state index is 5.86. The third-order valence-electron chi connectivity index (χ3n) is 3.13. The third-order valence-corrected chi connectivity index (χ3v) is 3.47. The standard InChI is InChI=1S/C17H20ClNO2/c1-12-4-5-13(2)17(10-12)21-9-3-8-20-14-6-7-15(18)16(19)11-14/h4-7,10-11H,3,8-9,19H2,1-2H3. The Kier molecular flexibility index (Phi) is 5.34. The van der Waals surface area contributed by atoms with Crippen LogP contribution in [0, 0.1) is 13.8 Å². The van der Waals surface area contributed by atoms with Crippen LogP contribution in [-0.4, -0.2) is 13.2 Å². The fourth-order valence-corrected chi connectivity index (χ4v) is 2.02. The Hall–Kier alpha value is -1.87. The number of halogens is 1. The van der Waals surface area contributed by atoms with Crippen molar-refractivity contribution in [2.45, 2.75) is 20.3 Å². The lowest BCUT2D eigenvalue weighted by molar-refractivity contribution is 0.246. The highest BCUT2D eigenvalue weighted by molar-refractivity contribution is 6.33. The molecule has 0 radical (unpaired) electrons. The van der Waals surface area contributed by atoms with Crippen LogP contribution in [0.2, 0.25) is 5.02 Å². The van der Waals surface area contributed by atoms with Gasteiger partial charge in [-0.3, -0.25) is 0 Å². The highest BCUT2D eigenvalue weighted by Gasteiger charge is 2.01. The topological polar surface area (TPSA) is 44.5 Å². The number of ether oxygens (including phenoxy) is 2. The number of aryl methyl sites for hydroxylation is 2. The van der Waals surface area contributed by atoms with Crippen molar-refractivity contribution in [1.82, 2.24) is 0 Å². The minimum atomic E-state index is 0.529. The molecule has 2 aromatic rings. The van der Waals surface area contributed by atoms with Crippen molar-refractivity contribution < 1.29 is 9.47 Å². The van der Waals surface area contributed by atoms with Crippen molar-refractivity contribution in [3.8, 4) is 11.5 Å². The first-order chi connectivity index (χ1) is 10.1. The number of anilines is 1. The van der Waals surface area contributed by atoms with Crippen molar-refractivity contribution in [2.24, 2.45) is 0 Å². The first-order valence-electron chi connectivity index (χ1n) is 6.94. The van der Waals surface area contributed by atoms with E-state index in [0.717, 1.165) is 23.5 Å². The number of benzene rings is 2. The van der Waals surface area contributed by atoms with Gasteiger partial charge in [0, 0.05) is 12.5 Å². The zero-order chi connectivity index (χ0) is 15.2. The molecule has 0 saturated carbocycles. The van der Waals surface area contributed by atoms with Gasteiger partial charge in [-0.2, -0.15) is 0 Å². The molecule has 0 heterocycles. The molecular formula is C17H20ClNO2. The highest BCUT2D eigenvalue weighted by atomic mass is 35.5. The fraction of sp³-hybridized carbons (Fsp3) is 0.294. The van der Waals surface area contributed by atoms with E-state index in [-0.39, 0.29) is 0 Å². The van der Waals surface area contributed by atoms with Crippen LogP contribution < -0.4 is 15.2 Å². The zero-order valence-electron chi connectivity index (χ0n) is 12.4. The predicted molar refractivity (Wildman–Crippen MR) is 87.4 cm³/mol. The van der Waals surface area contributed by atoms with Crippen LogP contribution in [0.5, 0.6) is 11.5 Å². The van der Waals surface area contributed by atoms with Gasteiger partial charge in [-0.05, 0) is 43.2 Å². The minimum Gasteiger partial charge on any atom is -0.493 e. The van der Waals surface area contributed by atoms with E-state index >= 15 is 0 Å². The average molecular weight is 306 g/mol. The van der Waals surface area contributed by atoms with Crippen LogP contribution in [0.25, 0.3) is 0 Å². The first-order valence-corrected chi connectivity index (χ1v) is 7.32. The van der Waals surface area contributed by atoms with E-state index in [1.807, 2.05) is 13.0 Å². The van der Waals surface area contributed by atoms with E-state index in [1.54, 1.807) is 12.1 Å². The van der Waals surface area contributed by atoms with E-state index in [9.17, 15) is 0 Å². The molecule has 4 heteroatoms. The van der Waals surface area contributed by atoms with Gasteiger partial charge in [-0.25, -0.2) is 0 Å². The Morgan fingerprint density at radius 2 is 1.76 bits per heavy atom. The molecule has 0 atom stereocenters. The Morgan fingerprint density at radius 3 is 2.52 bits per heavy atom. The normalized spacial score (nSPS) is 10.4. The van der Waals surface area contributed by atoms with Crippen molar-refractivity contribution in [1.29, 1.82) is 0 Å². The summed E-state index contributed by atoms with van der Waals surface area (Å²) in [7, 11) is 0. The minimum absolute atomic E-state index is 0.529. The van der Waals surface area contributed by atoms with Gasteiger partial charge in [0.05, 0.1) is 23.9 Å². The quantitative estimate of drug-likeness (QED) is 0.636. The molecule has 21 heavy (non-hydrogen) atoms. The van der Waals surface area contributed by atoms with Gasteiger partial charge in [-0.15, -0.1) is 0 Å². The summed E-state index contributed by atoms with van der Waals surface area (Å²) in [6, 6.07) is 11.5. The molecule has 0 amide bonds. The number of nitrogen functional groups attached to an aromatic ring is 1. The van der Waals surface area contributed by atoms with Gasteiger partial charge < -0.3 is 15.2 Å². The molecule has 0 fully saturated rings. The SMILES string of the molecule is Cc1ccc(C)c(OCCCOc2ccc(Cl)c(N)c2)c1. The fourth-order valence-electron chi connectivity index (χ4n) is 1.91. The maximum Gasteiger partial charge on any atom is 0.122 e. The average Bonchev–Trinajstić information content (AvgIpc) is 2.46. The molecule has 0 aliphatic rings. The summed E-state index contributed by atoms with van der Waals surface area (Å²) in [4.78, 5) is 0. The molecule has 3 nitrogen and oxygen atoms in total. The molecule has 0 bridgehead atoms. The molecule has 0 aromatic heterocycles. The van der Waals surface area contributed by atoms with Crippen molar-refractivity contribution in [3.63, 3.8) is 0 Å². The van der Waals surface area contributed by atoms with Gasteiger partial charge in [-0.1, -0.05) is 23.7 Å². The number of hydrogen-bond donors (Lipinski definition) is 1. The van der Waals surface area contributed by atoms with Gasteiger partial charge >= 0.3 is 0 Å². The first kappa shape index (κ1) is 15.5. The van der Waals surface area contributed by atoms with E-state index in [4.69, 9.17) is 26.8 Å². The lowest BCUT2D eigenvalue weighted by Gasteiger charge is -2.11. The summed E-state index contributed by atoms with van der Waals surface area (Å²) in [5.74, 6) is 1.66. The third kappa shape index (κ3) is 4.57. The predicted octanol–water partition coefficient (Wildman–Crippen LogP) is 4.39. The molecule has 0 aliphatic heterocycles. The molecule has 0 saturated heterocycles. The van der Waals surface area contributed by atoms with E-state index < -0.39 is 0 Å².